The maximum Gasteiger partial charge on any atom is 4.00 e. The molecule has 37 heavy (non-hydrogen) atoms. The molecule has 7 heteroatoms. The summed E-state index contributed by atoms with van der Waals surface area (Å²) in [7, 11) is 0. The van der Waals surface area contributed by atoms with E-state index in [2.05, 4.69) is 0 Å². The van der Waals surface area contributed by atoms with Crippen LogP contribution in [0.1, 0.15) is 11.1 Å². The van der Waals surface area contributed by atoms with Crippen molar-refractivity contribution in [1.82, 2.24) is 0 Å². The van der Waals surface area contributed by atoms with E-state index in [9.17, 15) is 17.6 Å². The van der Waals surface area contributed by atoms with Gasteiger partial charge >= 0.3 is 21.7 Å². The second-order valence-electron chi connectivity index (χ2n) is 7.59. The first kappa shape index (κ1) is 29.6. The van der Waals surface area contributed by atoms with E-state index in [0.717, 1.165) is 12.8 Å². The van der Waals surface area contributed by atoms with Crippen molar-refractivity contribution in [2.24, 2.45) is 0 Å². The molecule has 2 heterocycles. The summed E-state index contributed by atoms with van der Waals surface area (Å²) in [5, 5.41) is 0. The third kappa shape index (κ3) is 9.41. The Hall–Kier alpha value is -3.61. The van der Waals surface area contributed by atoms with Crippen molar-refractivity contribution in [2.45, 2.75) is 11.3 Å². The van der Waals surface area contributed by atoms with Crippen LogP contribution >= 0.6 is 0 Å². The standard InChI is InChI=1S/2C10H7F2O.2C5H5.Ti/c2*11-9-2-1-4-10(12,6-9)8-3-5-13-7-8;2*1-2-4-5-3-1;/h2*1-7H;2*1-5H;/q4*-1;+4. The molecule has 4 aromatic rings. The first-order chi connectivity index (χ1) is 17.4. The predicted octanol–water partition coefficient (Wildman–Crippen LogP) is 8.95. The van der Waals surface area contributed by atoms with Gasteiger partial charge in [-0.2, -0.15) is 61.4 Å². The summed E-state index contributed by atoms with van der Waals surface area (Å²) in [4.78, 5) is 0. The zero-order valence-corrected chi connectivity index (χ0v) is 21.2. The van der Waals surface area contributed by atoms with E-state index >= 15 is 0 Å². The molecule has 0 saturated carbocycles. The van der Waals surface area contributed by atoms with Gasteiger partial charge in [0, 0.05) is 11.1 Å². The van der Waals surface area contributed by atoms with Crippen molar-refractivity contribution in [2.75, 3.05) is 0 Å². The molecule has 188 valence electrons. The van der Waals surface area contributed by atoms with E-state index in [0.29, 0.717) is 11.1 Å². The van der Waals surface area contributed by atoms with E-state index in [4.69, 9.17) is 8.83 Å². The average molecular weight is 540 g/mol. The van der Waals surface area contributed by atoms with Crippen LogP contribution in [-0.2, 0) is 33.1 Å². The van der Waals surface area contributed by atoms with E-state index in [1.807, 2.05) is 60.7 Å². The van der Waals surface area contributed by atoms with Gasteiger partial charge in [0.15, 0.2) is 0 Å². The van der Waals surface area contributed by atoms with Gasteiger partial charge in [0.1, 0.15) is 11.3 Å². The average Bonchev–Trinajstić information content (AvgIpc) is 3.71. The maximum atomic E-state index is 13.9. The van der Waals surface area contributed by atoms with Crippen LogP contribution in [0.3, 0.4) is 0 Å². The predicted molar refractivity (Wildman–Crippen MR) is 132 cm³/mol. The Kier molecular flexibility index (Phi) is 11.9. The molecule has 0 bridgehead atoms. The monoisotopic (exact) mass is 540 g/mol. The quantitative estimate of drug-likeness (QED) is 0.144. The molecule has 6 rings (SSSR count). The second kappa shape index (κ2) is 14.8. The number of alkyl halides is 2. The van der Waals surface area contributed by atoms with Crippen molar-refractivity contribution in [3.8, 4) is 0 Å². The van der Waals surface area contributed by atoms with Gasteiger partial charge in [-0.05, 0) is 23.8 Å². The largest absolute Gasteiger partial charge is 4.00 e. The van der Waals surface area contributed by atoms with Crippen molar-refractivity contribution in [3.05, 3.63) is 170 Å². The summed E-state index contributed by atoms with van der Waals surface area (Å²) in [6.45, 7) is 0. The van der Waals surface area contributed by atoms with E-state index < -0.39 is 23.0 Å². The summed E-state index contributed by atoms with van der Waals surface area (Å²) in [6, 6.07) is 22.9. The smallest absolute Gasteiger partial charge is 0.472 e. The summed E-state index contributed by atoms with van der Waals surface area (Å²) in [5.41, 5.74) is -3.14. The fourth-order valence-electron chi connectivity index (χ4n) is 3.12. The van der Waals surface area contributed by atoms with E-state index in [1.165, 1.54) is 73.6 Å². The Morgan fingerprint density at radius 1 is 0.622 bits per heavy atom. The SMILES string of the molecule is FC1=CC=CC(F)(c2ccoc2)[CH-]1.FC1=CC=CC(F)(c2ccoc2)[CH-]1.[Ti+4].c1cc[cH-]c1.c1cc[cH-]c1. The number of rotatable bonds is 2. The van der Waals surface area contributed by atoms with Gasteiger partial charge in [-0.15, -0.1) is 12.2 Å². The summed E-state index contributed by atoms with van der Waals surface area (Å²) >= 11 is 0. The Morgan fingerprint density at radius 3 is 1.24 bits per heavy atom. The van der Waals surface area contributed by atoms with Crippen LogP contribution in [0.2, 0.25) is 0 Å². The molecule has 0 fully saturated rings. The number of hydrogen-bond acceptors (Lipinski definition) is 2. The van der Waals surface area contributed by atoms with Crippen LogP contribution in [0, 0.1) is 12.8 Å². The van der Waals surface area contributed by atoms with Crippen LogP contribution in [0.25, 0.3) is 0 Å². The van der Waals surface area contributed by atoms with Crippen LogP contribution < -0.4 is 0 Å². The molecule has 0 N–H and O–H groups in total. The molecule has 0 saturated heterocycles. The van der Waals surface area contributed by atoms with Gasteiger partial charge in [-0.25, -0.2) is 41.8 Å². The van der Waals surface area contributed by atoms with E-state index in [1.54, 1.807) is 0 Å². The normalized spacial score (nSPS) is 21.0. The molecule has 2 aliphatic rings. The zero-order chi connectivity index (χ0) is 25.7. The molecular formula is C30H24F4O2Ti. The first-order valence-corrected chi connectivity index (χ1v) is 11.0. The topological polar surface area (TPSA) is 26.3 Å². The Morgan fingerprint density at radius 2 is 1.00 bits per heavy atom. The molecule has 0 aliphatic heterocycles. The third-order valence-electron chi connectivity index (χ3n) is 4.92. The molecule has 2 aliphatic carbocycles. The molecule has 2 nitrogen and oxygen atoms in total. The van der Waals surface area contributed by atoms with Crippen molar-refractivity contribution < 1.29 is 48.1 Å². The summed E-state index contributed by atoms with van der Waals surface area (Å²) in [5.74, 6) is -1.16. The van der Waals surface area contributed by atoms with Crippen LogP contribution in [0.5, 0.6) is 0 Å². The number of furan rings is 2. The van der Waals surface area contributed by atoms with Gasteiger partial charge in [0.25, 0.3) is 0 Å². The van der Waals surface area contributed by atoms with Crippen LogP contribution in [-0.4, -0.2) is 0 Å². The van der Waals surface area contributed by atoms with Gasteiger partial charge < -0.3 is 8.83 Å². The fraction of sp³-hybridized carbons (Fsp3) is 0.0667. The van der Waals surface area contributed by atoms with Crippen LogP contribution in [0.4, 0.5) is 17.6 Å². The van der Waals surface area contributed by atoms with Crippen molar-refractivity contribution in [1.29, 1.82) is 0 Å². The second-order valence-corrected chi connectivity index (χ2v) is 7.59. The third-order valence-corrected chi connectivity index (χ3v) is 4.92. The first-order valence-electron chi connectivity index (χ1n) is 11.0. The van der Waals surface area contributed by atoms with Gasteiger partial charge in [-0.1, -0.05) is 12.2 Å². The minimum absolute atomic E-state index is 0. The van der Waals surface area contributed by atoms with Gasteiger partial charge in [0.2, 0.25) is 0 Å². The Balaban J connectivity index is 0.000000187. The van der Waals surface area contributed by atoms with Crippen molar-refractivity contribution >= 4 is 0 Å². The Bertz CT molecular complexity index is 1090. The molecule has 0 amide bonds. The number of allylic oxidation sites excluding steroid dienone is 8. The molecule has 2 aromatic carbocycles. The molecular weight excluding hydrogens is 516 g/mol. The summed E-state index contributed by atoms with van der Waals surface area (Å²) < 4.78 is 62.8. The number of halogens is 4. The Labute approximate surface area is 228 Å². The maximum absolute atomic E-state index is 13.9. The van der Waals surface area contributed by atoms with E-state index in [-0.39, 0.29) is 21.7 Å². The minimum atomic E-state index is -1.87. The number of hydrogen-bond donors (Lipinski definition) is 0. The molecule has 2 aromatic heterocycles. The molecule has 0 radical (unpaired) electrons. The van der Waals surface area contributed by atoms with Gasteiger partial charge in [-0.3, -0.25) is 0 Å². The van der Waals surface area contributed by atoms with Gasteiger partial charge in [0.05, 0.1) is 25.1 Å². The van der Waals surface area contributed by atoms with Crippen molar-refractivity contribution in [3.63, 3.8) is 0 Å². The minimum Gasteiger partial charge on any atom is -0.472 e. The summed E-state index contributed by atoms with van der Waals surface area (Å²) in [6.07, 6.45) is 14.7. The van der Waals surface area contributed by atoms with Crippen LogP contribution in [0.15, 0.2) is 155 Å². The molecule has 2 atom stereocenters. The zero-order valence-electron chi connectivity index (χ0n) is 19.7. The fourth-order valence-corrected chi connectivity index (χ4v) is 3.12. The molecule has 0 spiro atoms. The molecule has 2 unspecified atom stereocenters.